The molecule has 3 nitrogen and oxygen atoms in total. The van der Waals surface area contributed by atoms with Crippen molar-refractivity contribution < 1.29 is 22.4 Å². The Hall–Kier alpha value is -2.57. The van der Waals surface area contributed by atoms with E-state index in [9.17, 15) is 18.0 Å². The van der Waals surface area contributed by atoms with Crippen molar-refractivity contribution in [3.63, 3.8) is 0 Å². The van der Waals surface area contributed by atoms with Gasteiger partial charge in [0.25, 0.3) is 0 Å². The smallest absolute Gasteiger partial charge is 0.248 e. The lowest BCUT2D eigenvalue weighted by atomic mass is 9.81. The Bertz CT molecular complexity index is 1070. The van der Waals surface area contributed by atoms with Crippen LogP contribution in [0.15, 0.2) is 30.3 Å². The van der Waals surface area contributed by atoms with E-state index in [2.05, 4.69) is 5.32 Å². The largest absolute Gasteiger partial charge is 0.367 e. The van der Waals surface area contributed by atoms with Crippen molar-refractivity contribution in [3.05, 3.63) is 58.7 Å². The monoisotopic (exact) mass is 476 g/mol. The van der Waals surface area contributed by atoms with Crippen LogP contribution in [0.1, 0.15) is 75.5 Å². The van der Waals surface area contributed by atoms with E-state index in [1.165, 1.54) is 18.2 Å². The van der Waals surface area contributed by atoms with Crippen molar-refractivity contribution in [2.75, 3.05) is 16.8 Å². The number of nitrogens with zero attached hydrogens (tertiary/aromatic N) is 1. The molecule has 2 aromatic carbocycles. The van der Waals surface area contributed by atoms with Crippen molar-refractivity contribution in [1.82, 2.24) is 0 Å². The van der Waals surface area contributed by atoms with E-state index < -0.39 is 11.7 Å². The van der Waals surface area contributed by atoms with Crippen LogP contribution in [-0.2, 0) is 17.8 Å². The molecule has 34 heavy (non-hydrogen) atoms. The maximum atomic E-state index is 15.5. The van der Waals surface area contributed by atoms with E-state index in [1.54, 1.807) is 6.07 Å². The Labute approximate surface area is 198 Å². The van der Waals surface area contributed by atoms with E-state index >= 15 is 4.39 Å². The molecule has 7 heteroatoms. The lowest BCUT2D eigenvalue weighted by Gasteiger charge is -2.34. The number of rotatable bonds is 4. The van der Waals surface area contributed by atoms with Gasteiger partial charge in [-0.2, -0.15) is 0 Å². The second-order valence-corrected chi connectivity index (χ2v) is 10.9. The van der Waals surface area contributed by atoms with E-state index in [0.29, 0.717) is 30.8 Å². The van der Waals surface area contributed by atoms with Crippen LogP contribution in [0.5, 0.6) is 0 Å². The van der Waals surface area contributed by atoms with Crippen molar-refractivity contribution in [3.8, 4) is 0 Å². The molecule has 1 fully saturated rings. The topological polar surface area (TPSA) is 32.3 Å². The van der Waals surface area contributed by atoms with E-state index in [4.69, 9.17) is 0 Å². The summed E-state index contributed by atoms with van der Waals surface area (Å²) in [5.41, 5.74) is 2.99. The minimum atomic E-state index is -2.70. The summed E-state index contributed by atoms with van der Waals surface area (Å²) in [5, 5.41) is 2.74. The first-order chi connectivity index (χ1) is 15.9. The van der Waals surface area contributed by atoms with Crippen LogP contribution in [0.4, 0.5) is 28.9 Å². The van der Waals surface area contributed by atoms with Crippen LogP contribution in [0.3, 0.4) is 0 Å². The predicted molar refractivity (Wildman–Crippen MR) is 126 cm³/mol. The van der Waals surface area contributed by atoms with Gasteiger partial charge in [0.1, 0.15) is 11.6 Å². The molecule has 1 saturated carbocycles. The normalized spacial score (nSPS) is 18.5. The standard InChI is InChI=1S/C27H32F4N2O/c1-26(2,3)15-24(34)32-25-22(17-6-9-27(30,31)10-7-17)13-21(14-23(25)29)33-11-8-18-12-20(28)5-4-19(18)16-33/h4-5,12-14,17H,6-11,15-16H2,1-3H3,(H,32,34). The zero-order chi connectivity index (χ0) is 24.7. The Morgan fingerprint density at radius 2 is 1.79 bits per heavy atom. The average molecular weight is 477 g/mol. The number of hydrogen-bond acceptors (Lipinski definition) is 2. The molecule has 4 rings (SSSR count). The number of anilines is 2. The Morgan fingerprint density at radius 1 is 1.09 bits per heavy atom. The number of benzene rings is 2. The summed E-state index contributed by atoms with van der Waals surface area (Å²) < 4.78 is 56.7. The van der Waals surface area contributed by atoms with Crippen molar-refractivity contribution in [2.24, 2.45) is 5.41 Å². The maximum absolute atomic E-state index is 15.5. The zero-order valence-corrected chi connectivity index (χ0v) is 20.0. The number of hydrogen-bond donors (Lipinski definition) is 1. The van der Waals surface area contributed by atoms with Crippen LogP contribution in [-0.4, -0.2) is 18.4 Å². The van der Waals surface area contributed by atoms with Gasteiger partial charge in [0.15, 0.2) is 0 Å². The van der Waals surface area contributed by atoms with Crippen LogP contribution in [0, 0.1) is 17.0 Å². The minimum Gasteiger partial charge on any atom is -0.367 e. The lowest BCUT2D eigenvalue weighted by Crippen LogP contribution is -2.31. The zero-order valence-electron chi connectivity index (χ0n) is 20.0. The first-order valence-electron chi connectivity index (χ1n) is 11.9. The number of nitrogens with one attached hydrogen (secondary N) is 1. The first-order valence-corrected chi connectivity index (χ1v) is 11.9. The molecule has 0 spiro atoms. The summed E-state index contributed by atoms with van der Waals surface area (Å²) in [6.07, 6.45) is 0.822. The predicted octanol–water partition coefficient (Wildman–Crippen LogP) is 7.20. The fourth-order valence-electron chi connectivity index (χ4n) is 5.01. The number of carbonyl (C=O) groups excluding carboxylic acids is 1. The third-order valence-electron chi connectivity index (χ3n) is 6.76. The highest BCUT2D eigenvalue weighted by Crippen LogP contribution is 2.45. The van der Waals surface area contributed by atoms with Gasteiger partial charge in [0.2, 0.25) is 11.8 Å². The maximum Gasteiger partial charge on any atom is 0.248 e. The number of alkyl halides is 2. The molecule has 0 aromatic heterocycles. The van der Waals surface area contributed by atoms with Gasteiger partial charge in [0.05, 0.1) is 5.69 Å². The summed E-state index contributed by atoms with van der Waals surface area (Å²) >= 11 is 0. The molecule has 1 N–H and O–H groups in total. The van der Waals surface area contributed by atoms with Crippen molar-refractivity contribution >= 4 is 17.3 Å². The average Bonchev–Trinajstić information content (AvgIpc) is 2.73. The second kappa shape index (κ2) is 9.23. The summed E-state index contributed by atoms with van der Waals surface area (Å²) in [6, 6.07) is 7.96. The van der Waals surface area contributed by atoms with E-state index in [-0.39, 0.29) is 60.8 Å². The van der Waals surface area contributed by atoms with Crippen LogP contribution >= 0.6 is 0 Å². The molecule has 0 atom stereocenters. The summed E-state index contributed by atoms with van der Waals surface area (Å²) in [4.78, 5) is 14.6. The van der Waals surface area contributed by atoms with Gasteiger partial charge in [0, 0.05) is 38.0 Å². The molecule has 0 bridgehead atoms. The van der Waals surface area contributed by atoms with Crippen molar-refractivity contribution in [1.29, 1.82) is 0 Å². The van der Waals surface area contributed by atoms with E-state index in [1.807, 2.05) is 31.7 Å². The molecular formula is C27H32F4N2O. The molecular weight excluding hydrogens is 444 g/mol. The number of carbonyl (C=O) groups is 1. The van der Waals surface area contributed by atoms with Gasteiger partial charge in [-0.05, 0) is 71.6 Å². The van der Waals surface area contributed by atoms with Crippen LogP contribution in [0.2, 0.25) is 0 Å². The molecule has 0 saturated heterocycles. The van der Waals surface area contributed by atoms with Gasteiger partial charge in [-0.1, -0.05) is 26.8 Å². The molecule has 184 valence electrons. The summed E-state index contributed by atoms with van der Waals surface area (Å²) in [5.74, 6) is -4.09. The first kappa shape index (κ1) is 24.6. The molecule has 2 aliphatic rings. The highest BCUT2D eigenvalue weighted by molar-refractivity contribution is 5.92. The third-order valence-corrected chi connectivity index (χ3v) is 6.76. The fraction of sp³-hybridized carbons (Fsp3) is 0.519. The van der Waals surface area contributed by atoms with Crippen LogP contribution < -0.4 is 10.2 Å². The lowest BCUT2D eigenvalue weighted by molar-refractivity contribution is -0.117. The SMILES string of the molecule is CC(C)(C)CC(=O)Nc1c(F)cc(N2CCc3cc(F)ccc3C2)cc1C1CCC(F)(F)CC1. The van der Waals surface area contributed by atoms with Gasteiger partial charge in [-0.25, -0.2) is 17.6 Å². The van der Waals surface area contributed by atoms with Gasteiger partial charge >= 0.3 is 0 Å². The molecule has 0 radical (unpaired) electrons. The van der Waals surface area contributed by atoms with E-state index in [0.717, 1.165) is 11.1 Å². The number of fused-ring (bicyclic) bond motifs is 1. The second-order valence-electron chi connectivity index (χ2n) is 10.9. The summed E-state index contributed by atoms with van der Waals surface area (Å²) in [6.45, 7) is 6.88. The Balaban J connectivity index is 1.66. The number of halogens is 4. The molecule has 1 heterocycles. The highest BCUT2D eigenvalue weighted by atomic mass is 19.3. The van der Waals surface area contributed by atoms with Gasteiger partial charge < -0.3 is 10.2 Å². The Kier molecular flexibility index (Phi) is 6.67. The molecule has 0 unspecified atom stereocenters. The summed E-state index contributed by atoms with van der Waals surface area (Å²) in [7, 11) is 0. The molecule has 1 amide bonds. The third kappa shape index (κ3) is 5.73. The quantitative estimate of drug-likeness (QED) is 0.474. The molecule has 2 aromatic rings. The minimum absolute atomic E-state index is 0.104. The molecule has 1 aliphatic heterocycles. The highest BCUT2D eigenvalue weighted by Gasteiger charge is 2.37. The number of amides is 1. The van der Waals surface area contributed by atoms with Gasteiger partial charge in [-0.3, -0.25) is 4.79 Å². The fourth-order valence-corrected chi connectivity index (χ4v) is 5.01. The van der Waals surface area contributed by atoms with Crippen LogP contribution in [0.25, 0.3) is 0 Å². The Morgan fingerprint density at radius 3 is 2.47 bits per heavy atom. The van der Waals surface area contributed by atoms with Crippen molar-refractivity contribution in [2.45, 2.75) is 77.7 Å². The molecule has 1 aliphatic carbocycles. The van der Waals surface area contributed by atoms with Gasteiger partial charge in [-0.15, -0.1) is 0 Å².